The van der Waals surface area contributed by atoms with Crippen LogP contribution in [0, 0.1) is 0 Å². The van der Waals surface area contributed by atoms with Crippen LogP contribution in [0.2, 0.25) is 0 Å². The summed E-state index contributed by atoms with van der Waals surface area (Å²) in [4.78, 5) is 22.5. The monoisotopic (exact) mass is 565 g/mol. The number of nitrogens with two attached hydrogens (primary N) is 1. The van der Waals surface area contributed by atoms with Crippen LogP contribution in [0.25, 0.3) is 33.3 Å². The van der Waals surface area contributed by atoms with Crippen molar-refractivity contribution in [1.82, 2.24) is 39.5 Å². The van der Waals surface area contributed by atoms with Gasteiger partial charge in [0.2, 0.25) is 0 Å². The molecule has 42 heavy (non-hydrogen) atoms. The first-order valence-electron chi connectivity index (χ1n) is 15.2. The highest BCUT2D eigenvalue weighted by Gasteiger charge is 2.31. The largest absolute Gasteiger partial charge is 0.396 e. The van der Waals surface area contributed by atoms with Crippen molar-refractivity contribution >= 4 is 27.9 Å². The summed E-state index contributed by atoms with van der Waals surface area (Å²) in [5.74, 6) is 1.40. The lowest BCUT2D eigenvalue weighted by Gasteiger charge is -2.42. The minimum atomic E-state index is 0.276. The maximum atomic E-state index is 9.14. The van der Waals surface area contributed by atoms with Gasteiger partial charge < -0.3 is 20.7 Å². The van der Waals surface area contributed by atoms with Crippen molar-refractivity contribution in [1.29, 1.82) is 0 Å². The van der Waals surface area contributed by atoms with E-state index in [9.17, 15) is 0 Å². The van der Waals surface area contributed by atoms with E-state index in [2.05, 4.69) is 71.9 Å². The normalized spacial score (nSPS) is 20.5. The summed E-state index contributed by atoms with van der Waals surface area (Å²) in [6.45, 7) is 5.69. The molecule has 10 nitrogen and oxygen atoms in total. The number of imidazole rings is 1. The Morgan fingerprint density at radius 3 is 2.50 bits per heavy atom. The molecule has 1 aliphatic carbocycles. The Hall–Kier alpha value is -3.86. The van der Waals surface area contributed by atoms with Gasteiger partial charge in [-0.25, -0.2) is 19.6 Å². The number of rotatable bonds is 8. The molecule has 2 aromatic carbocycles. The lowest BCUT2D eigenvalue weighted by atomic mass is 9.90. The van der Waals surface area contributed by atoms with Gasteiger partial charge in [-0.1, -0.05) is 36.4 Å². The number of aromatic nitrogens is 6. The van der Waals surface area contributed by atoms with E-state index in [1.807, 2.05) is 6.07 Å². The van der Waals surface area contributed by atoms with Crippen molar-refractivity contribution < 1.29 is 5.11 Å². The van der Waals surface area contributed by atoms with Gasteiger partial charge in [-0.15, -0.1) is 0 Å². The van der Waals surface area contributed by atoms with Crippen LogP contribution in [0.5, 0.6) is 0 Å². The van der Waals surface area contributed by atoms with Gasteiger partial charge in [0.15, 0.2) is 5.65 Å². The number of hydrogen-bond donors (Lipinski definition) is 3. The molecule has 3 aromatic heterocycles. The second-order valence-electron chi connectivity index (χ2n) is 11.7. The molecule has 10 heteroatoms. The Labute approximate surface area is 245 Å². The van der Waals surface area contributed by atoms with E-state index in [4.69, 9.17) is 20.9 Å². The first kappa shape index (κ1) is 27.0. The Morgan fingerprint density at radius 1 is 0.929 bits per heavy atom. The van der Waals surface area contributed by atoms with Crippen molar-refractivity contribution in [3.63, 3.8) is 0 Å². The minimum absolute atomic E-state index is 0.276. The van der Waals surface area contributed by atoms with Crippen LogP contribution in [-0.4, -0.2) is 90.0 Å². The number of nitrogen functional groups attached to an aromatic ring is 1. The van der Waals surface area contributed by atoms with Gasteiger partial charge >= 0.3 is 0 Å². The molecule has 0 amide bonds. The zero-order valence-electron chi connectivity index (χ0n) is 24.0. The maximum absolute atomic E-state index is 9.14. The molecule has 7 rings (SSSR count). The maximum Gasteiger partial charge on any atom is 0.164 e. The summed E-state index contributed by atoms with van der Waals surface area (Å²) < 4.78 is 2.11. The Balaban J connectivity index is 1.10. The number of piperazine rings is 1. The number of hydrogen-bond acceptors (Lipinski definition) is 8. The zero-order valence-corrected chi connectivity index (χ0v) is 24.0. The summed E-state index contributed by atoms with van der Waals surface area (Å²) in [7, 11) is 0. The Bertz CT molecular complexity index is 1650. The van der Waals surface area contributed by atoms with Crippen LogP contribution in [-0.2, 0) is 6.42 Å². The average molecular weight is 566 g/mol. The molecule has 1 saturated carbocycles. The Kier molecular flexibility index (Phi) is 7.58. The van der Waals surface area contributed by atoms with Crippen LogP contribution < -0.4 is 5.73 Å². The standard InChI is InChI=1S/C32H39N9O/c33-31-29-30(23-7-12-26-27(20-23)37-28(36-26)19-22-5-2-1-3-6-22)38-41(32(29)35-21-34-31)25-10-8-24(9-11-25)40-16-14-39(15-17-40)13-4-18-42/h1-3,5-7,12,20-21,24-25,42H,4,8-11,13-19H2,(H,36,37)(H2,33,34,35)/t24-,25-. The third kappa shape index (κ3) is 5.37. The molecule has 0 spiro atoms. The summed E-state index contributed by atoms with van der Waals surface area (Å²) >= 11 is 0. The summed E-state index contributed by atoms with van der Waals surface area (Å²) in [6, 6.07) is 17.5. The molecule has 5 aromatic rings. The third-order valence-electron chi connectivity index (χ3n) is 9.11. The van der Waals surface area contributed by atoms with Gasteiger partial charge in [-0.2, -0.15) is 5.10 Å². The quantitative estimate of drug-likeness (QED) is 0.258. The van der Waals surface area contributed by atoms with E-state index < -0.39 is 0 Å². The topological polar surface area (TPSA) is 125 Å². The molecular formula is C32H39N9O. The summed E-state index contributed by atoms with van der Waals surface area (Å²) in [5.41, 5.74) is 12.2. The molecule has 0 radical (unpaired) electrons. The molecule has 0 atom stereocenters. The fourth-order valence-electron chi connectivity index (χ4n) is 6.85. The predicted molar refractivity (Wildman–Crippen MR) is 165 cm³/mol. The average Bonchev–Trinajstić information content (AvgIpc) is 3.62. The van der Waals surface area contributed by atoms with Crippen LogP contribution in [0.1, 0.15) is 49.5 Å². The van der Waals surface area contributed by atoms with E-state index in [-0.39, 0.29) is 12.6 Å². The molecular weight excluding hydrogens is 526 g/mol. The van der Waals surface area contributed by atoms with E-state index in [0.717, 1.165) is 110 Å². The number of nitrogens with zero attached hydrogens (tertiary/aromatic N) is 7. The lowest BCUT2D eigenvalue weighted by molar-refractivity contribution is 0.0680. The Morgan fingerprint density at radius 2 is 1.71 bits per heavy atom. The first-order chi connectivity index (χ1) is 20.7. The number of benzene rings is 2. The van der Waals surface area contributed by atoms with Gasteiger partial charge in [0.1, 0.15) is 23.7 Å². The van der Waals surface area contributed by atoms with E-state index in [1.54, 1.807) is 6.33 Å². The highest BCUT2D eigenvalue weighted by molar-refractivity contribution is 5.99. The number of aliphatic hydroxyl groups excluding tert-OH is 1. The van der Waals surface area contributed by atoms with Gasteiger partial charge in [0.25, 0.3) is 0 Å². The number of aliphatic hydroxyl groups is 1. The molecule has 1 saturated heterocycles. The van der Waals surface area contributed by atoms with Crippen LogP contribution in [0.4, 0.5) is 5.82 Å². The number of H-pyrrole nitrogens is 1. The SMILES string of the molecule is Nc1ncnc2c1c(-c1ccc3[nH]c(Cc4ccccc4)nc3c1)nn2[C@H]1CC[C@H](N2CCN(CCCO)CC2)CC1. The van der Waals surface area contributed by atoms with Crippen LogP contribution in [0.3, 0.4) is 0 Å². The van der Waals surface area contributed by atoms with E-state index >= 15 is 0 Å². The second-order valence-corrected chi connectivity index (χ2v) is 11.7. The molecule has 4 N–H and O–H groups in total. The van der Waals surface area contributed by atoms with E-state index in [0.29, 0.717) is 11.9 Å². The predicted octanol–water partition coefficient (Wildman–Crippen LogP) is 4.03. The molecule has 0 unspecified atom stereocenters. The van der Waals surface area contributed by atoms with Crippen molar-refractivity contribution in [3.05, 3.63) is 66.2 Å². The number of anilines is 1. The molecule has 2 aliphatic rings. The van der Waals surface area contributed by atoms with Crippen molar-refractivity contribution in [2.45, 2.75) is 50.6 Å². The van der Waals surface area contributed by atoms with Crippen LogP contribution >= 0.6 is 0 Å². The van der Waals surface area contributed by atoms with Gasteiger partial charge in [0, 0.05) is 57.4 Å². The second kappa shape index (κ2) is 11.8. The molecule has 2 fully saturated rings. The molecule has 218 valence electrons. The van der Waals surface area contributed by atoms with Crippen LogP contribution in [0.15, 0.2) is 54.9 Å². The smallest absolute Gasteiger partial charge is 0.164 e. The lowest BCUT2D eigenvalue weighted by Crippen LogP contribution is -2.51. The van der Waals surface area contributed by atoms with Gasteiger partial charge in [0.05, 0.1) is 22.5 Å². The zero-order chi connectivity index (χ0) is 28.5. The van der Waals surface area contributed by atoms with Crippen molar-refractivity contribution in [2.24, 2.45) is 0 Å². The van der Waals surface area contributed by atoms with Crippen molar-refractivity contribution in [3.8, 4) is 11.3 Å². The highest BCUT2D eigenvalue weighted by atomic mass is 16.3. The first-order valence-corrected chi connectivity index (χ1v) is 15.2. The summed E-state index contributed by atoms with van der Waals surface area (Å²) in [5, 5.41) is 15.1. The third-order valence-corrected chi connectivity index (χ3v) is 9.11. The van der Waals surface area contributed by atoms with Gasteiger partial charge in [-0.3, -0.25) is 4.90 Å². The molecule has 4 heterocycles. The van der Waals surface area contributed by atoms with Crippen molar-refractivity contribution in [2.75, 3.05) is 45.1 Å². The fourth-order valence-corrected chi connectivity index (χ4v) is 6.85. The summed E-state index contributed by atoms with van der Waals surface area (Å²) in [6.07, 6.45) is 7.61. The number of nitrogens with one attached hydrogen (secondary N) is 1. The van der Waals surface area contributed by atoms with E-state index in [1.165, 1.54) is 5.56 Å². The molecule has 1 aliphatic heterocycles. The number of fused-ring (bicyclic) bond motifs is 2. The minimum Gasteiger partial charge on any atom is -0.396 e. The number of aromatic amines is 1. The molecule has 0 bridgehead atoms. The highest BCUT2D eigenvalue weighted by Crippen LogP contribution is 2.37. The van der Waals surface area contributed by atoms with Gasteiger partial charge in [-0.05, 0) is 49.8 Å². The fraction of sp³-hybridized carbons (Fsp3) is 0.438.